The summed E-state index contributed by atoms with van der Waals surface area (Å²) >= 11 is 0. The number of hydrogen-bond acceptors (Lipinski definition) is 5. The van der Waals surface area contributed by atoms with Crippen molar-refractivity contribution in [2.24, 2.45) is 0 Å². The van der Waals surface area contributed by atoms with Gasteiger partial charge in [0.2, 0.25) is 17.7 Å². The fraction of sp³-hybridized carbons (Fsp3) is 0.531. The lowest BCUT2D eigenvalue weighted by Gasteiger charge is -2.37. The van der Waals surface area contributed by atoms with E-state index in [1.54, 1.807) is 0 Å². The van der Waals surface area contributed by atoms with Crippen molar-refractivity contribution in [2.45, 2.75) is 82.1 Å². The molecule has 2 N–H and O–H groups in total. The molecule has 0 aliphatic carbocycles. The molecule has 5 rings (SSSR count). The highest BCUT2D eigenvalue weighted by atomic mass is 16.5. The largest absolute Gasteiger partial charge is 0.379 e. The number of fused-ring (bicyclic) bond motifs is 1. The Kier molecular flexibility index (Phi) is 9.49. The number of morpholine rings is 1. The number of carbonyl (C=O) groups is 3. The summed E-state index contributed by atoms with van der Waals surface area (Å²) in [5.74, 6) is -0.365. The Hall–Kier alpha value is -3.23. The van der Waals surface area contributed by atoms with Crippen LogP contribution in [0.2, 0.25) is 0 Å². The summed E-state index contributed by atoms with van der Waals surface area (Å²) in [4.78, 5) is 45.3. The first-order valence-corrected chi connectivity index (χ1v) is 14.9. The number of rotatable bonds is 8. The van der Waals surface area contributed by atoms with E-state index in [1.807, 2.05) is 72.5 Å². The minimum Gasteiger partial charge on any atom is -0.379 e. The first kappa shape index (κ1) is 28.3. The van der Waals surface area contributed by atoms with Crippen LogP contribution in [-0.4, -0.2) is 78.0 Å². The summed E-state index contributed by atoms with van der Waals surface area (Å²) in [6.07, 6.45) is 5.45. The second-order valence-electron chi connectivity index (χ2n) is 11.2. The zero-order valence-corrected chi connectivity index (χ0v) is 23.5. The third-order valence-corrected chi connectivity index (χ3v) is 8.68. The summed E-state index contributed by atoms with van der Waals surface area (Å²) in [6.45, 7) is 4.67. The van der Waals surface area contributed by atoms with Gasteiger partial charge in [-0.25, -0.2) is 0 Å². The summed E-state index contributed by atoms with van der Waals surface area (Å²) in [7, 11) is 0. The maximum absolute atomic E-state index is 14.0. The minimum absolute atomic E-state index is 0.0241. The lowest BCUT2D eigenvalue weighted by atomic mass is 9.97. The molecule has 8 nitrogen and oxygen atoms in total. The smallest absolute Gasteiger partial charge is 0.246 e. The molecule has 0 saturated carbocycles. The molecule has 8 heteroatoms. The number of benzene rings is 2. The van der Waals surface area contributed by atoms with Gasteiger partial charge < -0.3 is 20.3 Å². The van der Waals surface area contributed by atoms with Crippen LogP contribution in [0.4, 0.5) is 0 Å². The van der Waals surface area contributed by atoms with Crippen molar-refractivity contribution < 1.29 is 19.1 Å². The zero-order chi connectivity index (χ0) is 27.9. The first-order chi connectivity index (χ1) is 19.6. The summed E-state index contributed by atoms with van der Waals surface area (Å²) in [6, 6.07) is 18.1. The first-order valence-electron chi connectivity index (χ1n) is 14.9. The zero-order valence-electron chi connectivity index (χ0n) is 23.5. The van der Waals surface area contributed by atoms with Crippen LogP contribution in [-0.2, 0) is 19.1 Å². The molecule has 0 bridgehead atoms. The monoisotopic (exact) mass is 546 g/mol. The quantitative estimate of drug-likeness (QED) is 0.530. The normalized spacial score (nSPS) is 24.6. The molecule has 2 aromatic carbocycles. The molecule has 3 heterocycles. The van der Waals surface area contributed by atoms with Gasteiger partial charge in [0.25, 0.3) is 0 Å². The topological polar surface area (TPSA) is 91.0 Å². The third kappa shape index (κ3) is 6.39. The fourth-order valence-electron chi connectivity index (χ4n) is 6.58. The highest BCUT2D eigenvalue weighted by Gasteiger charge is 2.44. The van der Waals surface area contributed by atoms with E-state index in [4.69, 9.17) is 4.74 Å². The summed E-state index contributed by atoms with van der Waals surface area (Å²) in [5.41, 5.74) is 1.99. The third-order valence-electron chi connectivity index (χ3n) is 8.68. The van der Waals surface area contributed by atoms with Crippen molar-refractivity contribution in [3.8, 4) is 0 Å². The number of carbonyl (C=O) groups excluding carboxylic acids is 3. The maximum Gasteiger partial charge on any atom is 0.246 e. The Morgan fingerprint density at radius 3 is 2.15 bits per heavy atom. The predicted octanol–water partition coefficient (Wildman–Crippen LogP) is 3.42. The molecule has 40 heavy (non-hydrogen) atoms. The van der Waals surface area contributed by atoms with E-state index in [0.717, 1.165) is 36.8 Å². The van der Waals surface area contributed by atoms with Crippen molar-refractivity contribution in [3.63, 3.8) is 0 Å². The Morgan fingerprint density at radius 2 is 1.52 bits per heavy atom. The molecule has 3 saturated heterocycles. The van der Waals surface area contributed by atoms with Gasteiger partial charge in [-0.2, -0.15) is 0 Å². The Labute approximate surface area is 237 Å². The molecule has 0 radical (unpaired) electrons. The lowest BCUT2D eigenvalue weighted by Crippen LogP contribution is -2.59. The van der Waals surface area contributed by atoms with Gasteiger partial charge in [-0.1, -0.05) is 80.4 Å². The Bertz CT molecular complexity index is 1100. The number of ether oxygens (including phenoxy) is 1. The number of nitrogens with zero attached hydrogens (tertiary/aromatic N) is 2. The van der Waals surface area contributed by atoms with E-state index in [2.05, 4.69) is 15.5 Å². The molecule has 2 aromatic rings. The Balaban J connectivity index is 1.33. The van der Waals surface area contributed by atoms with Crippen LogP contribution < -0.4 is 10.6 Å². The van der Waals surface area contributed by atoms with Gasteiger partial charge in [-0.15, -0.1) is 0 Å². The van der Waals surface area contributed by atoms with E-state index in [-0.39, 0.29) is 35.8 Å². The van der Waals surface area contributed by atoms with Gasteiger partial charge in [0.1, 0.15) is 12.1 Å². The molecular formula is C32H42N4O4. The van der Waals surface area contributed by atoms with Gasteiger partial charge in [0.05, 0.1) is 25.3 Å². The van der Waals surface area contributed by atoms with Crippen LogP contribution >= 0.6 is 0 Å². The molecule has 1 unspecified atom stereocenters. The van der Waals surface area contributed by atoms with Crippen molar-refractivity contribution in [1.82, 2.24) is 20.4 Å². The van der Waals surface area contributed by atoms with Crippen molar-refractivity contribution >= 4 is 17.7 Å². The summed E-state index contributed by atoms with van der Waals surface area (Å²) < 4.78 is 5.46. The lowest BCUT2D eigenvalue weighted by molar-refractivity contribution is -0.145. The van der Waals surface area contributed by atoms with Crippen molar-refractivity contribution in [2.75, 3.05) is 26.3 Å². The predicted molar refractivity (Wildman–Crippen MR) is 153 cm³/mol. The standard InChI is InChI=1S/C32H42N4O4/c1-2-27(35-19-21-40-22-20-35)30(37)33-26-16-10-9-15-25-17-18-28(36(25)32(26)39)31(38)34-29(23-11-5-3-6-12-23)24-13-7-4-8-14-24/h3-8,11-14,25-29H,2,9-10,15-22H2,1H3,(H,33,37)(H,34,38)/t25?,26-,27-,28-/m0/s1. The van der Waals surface area contributed by atoms with E-state index in [9.17, 15) is 14.4 Å². The highest BCUT2D eigenvalue weighted by molar-refractivity contribution is 5.94. The second-order valence-corrected chi connectivity index (χ2v) is 11.2. The maximum atomic E-state index is 14.0. The molecule has 3 aliphatic rings. The molecule has 0 spiro atoms. The van der Waals surface area contributed by atoms with Crippen molar-refractivity contribution in [3.05, 3.63) is 71.8 Å². The van der Waals surface area contributed by atoms with E-state index < -0.39 is 12.1 Å². The number of nitrogens with one attached hydrogen (secondary N) is 2. The molecule has 3 fully saturated rings. The van der Waals surface area contributed by atoms with Crippen molar-refractivity contribution in [1.29, 1.82) is 0 Å². The van der Waals surface area contributed by atoms with Crippen LogP contribution in [0.1, 0.15) is 69.0 Å². The van der Waals surface area contributed by atoms with Crippen LogP contribution in [0.25, 0.3) is 0 Å². The van der Waals surface area contributed by atoms with E-state index in [0.29, 0.717) is 45.6 Å². The van der Waals surface area contributed by atoms with Gasteiger partial charge in [0, 0.05) is 19.1 Å². The van der Waals surface area contributed by atoms with Gasteiger partial charge in [-0.3, -0.25) is 19.3 Å². The van der Waals surface area contributed by atoms with Crippen LogP contribution in [0, 0.1) is 0 Å². The van der Waals surface area contributed by atoms with Crippen LogP contribution in [0.15, 0.2) is 60.7 Å². The van der Waals surface area contributed by atoms with E-state index in [1.165, 1.54) is 0 Å². The SMILES string of the molecule is CC[C@@H](C(=O)N[C@H]1CCCCC2CC[C@@H](C(=O)NC(c3ccccc3)c3ccccc3)N2C1=O)N1CCOCC1. The van der Waals surface area contributed by atoms with Crippen LogP contribution in [0.5, 0.6) is 0 Å². The molecular weight excluding hydrogens is 504 g/mol. The summed E-state index contributed by atoms with van der Waals surface area (Å²) in [5, 5.41) is 6.37. The minimum atomic E-state index is -0.613. The van der Waals surface area contributed by atoms with Gasteiger partial charge in [0.15, 0.2) is 0 Å². The number of hydrogen-bond donors (Lipinski definition) is 2. The highest BCUT2D eigenvalue weighted by Crippen LogP contribution is 2.32. The molecule has 3 amide bonds. The van der Waals surface area contributed by atoms with E-state index >= 15 is 0 Å². The Morgan fingerprint density at radius 1 is 0.900 bits per heavy atom. The average molecular weight is 547 g/mol. The van der Waals surface area contributed by atoms with Crippen LogP contribution in [0.3, 0.4) is 0 Å². The fourth-order valence-corrected chi connectivity index (χ4v) is 6.58. The number of amides is 3. The molecule has 3 aliphatic heterocycles. The molecule has 214 valence electrons. The second kappa shape index (κ2) is 13.4. The molecule has 4 atom stereocenters. The average Bonchev–Trinajstić information content (AvgIpc) is 3.41. The van der Waals surface area contributed by atoms with Gasteiger partial charge in [-0.05, 0) is 43.2 Å². The van der Waals surface area contributed by atoms with Gasteiger partial charge >= 0.3 is 0 Å². The molecule has 0 aromatic heterocycles.